The average molecular weight is 284 g/mol. The van der Waals surface area contributed by atoms with Crippen LogP contribution in [0.15, 0.2) is 60.9 Å². The molecule has 0 saturated heterocycles. The van der Waals surface area contributed by atoms with Crippen LogP contribution in [-0.4, -0.2) is 4.98 Å². The Kier molecular flexibility index (Phi) is 3.84. The number of halogens is 1. The summed E-state index contributed by atoms with van der Waals surface area (Å²) < 4.78 is 5.91. The predicted octanol–water partition coefficient (Wildman–Crippen LogP) is 4.55. The number of fused-ring (bicyclic) bond motifs is 1. The highest BCUT2D eigenvalue weighted by atomic mass is 35.5. The minimum atomic E-state index is 0.438. The van der Waals surface area contributed by atoms with E-state index in [-0.39, 0.29) is 0 Å². The van der Waals surface area contributed by atoms with Gasteiger partial charge >= 0.3 is 0 Å². The van der Waals surface area contributed by atoms with Crippen molar-refractivity contribution >= 4 is 22.4 Å². The molecule has 0 fully saturated rings. The lowest BCUT2D eigenvalue weighted by atomic mass is 10.0. The maximum atomic E-state index is 6.10. The van der Waals surface area contributed by atoms with Crippen molar-refractivity contribution in [1.29, 1.82) is 0 Å². The molecule has 0 spiro atoms. The van der Waals surface area contributed by atoms with Gasteiger partial charge in [0, 0.05) is 18.0 Å². The Balaban J connectivity index is 1.91. The van der Waals surface area contributed by atoms with E-state index >= 15 is 0 Å². The third-order valence-corrected chi connectivity index (χ3v) is 3.54. The Morgan fingerprint density at radius 2 is 1.75 bits per heavy atom. The highest BCUT2D eigenvalue weighted by molar-refractivity contribution is 6.18. The molecular weight excluding hydrogens is 270 g/mol. The van der Waals surface area contributed by atoms with Crippen LogP contribution in [0.1, 0.15) is 11.1 Å². The fraction of sp³-hybridized carbons (Fsp3) is 0.118. The molecule has 0 bridgehead atoms. The van der Waals surface area contributed by atoms with Crippen molar-refractivity contribution in [3.63, 3.8) is 0 Å². The number of ether oxygens (including phenoxy) is 1. The van der Waals surface area contributed by atoms with Crippen molar-refractivity contribution in [3.05, 3.63) is 72.1 Å². The molecule has 0 atom stereocenters. The van der Waals surface area contributed by atoms with Gasteiger partial charge in [0.15, 0.2) is 0 Å². The third kappa shape index (κ3) is 2.61. The van der Waals surface area contributed by atoms with E-state index in [4.69, 9.17) is 16.3 Å². The summed E-state index contributed by atoms with van der Waals surface area (Å²) in [5.41, 5.74) is 2.13. The van der Waals surface area contributed by atoms with E-state index in [1.54, 1.807) is 12.4 Å². The highest BCUT2D eigenvalue weighted by Crippen LogP contribution is 2.30. The minimum Gasteiger partial charge on any atom is -0.489 e. The van der Waals surface area contributed by atoms with Crippen LogP contribution in [0.2, 0.25) is 0 Å². The quantitative estimate of drug-likeness (QED) is 0.655. The Morgan fingerprint density at radius 1 is 0.950 bits per heavy atom. The molecule has 100 valence electrons. The zero-order chi connectivity index (χ0) is 13.8. The van der Waals surface area contributed by atoms with Gasteiger partial charge in [-0.15, -0.1) is 11.6 Å². The van der Waals surface area contributed by atoms with Crippen LogP contribution in [-0.2, 0) is 12.5 Å². The molecule has 0 aliphatic carbocycles. The van der Waals surface area contributed by atoms with E-state index < -0.39 is 0 Å². The van der Waals surface area contributed by atoms with Gasteiger partial charge in [-0.25, -0.2) is 0 Å². The number of benzene rings is 2. The Bertz CT molecular complexity index is 713. The second kappa shape index (κ2) is 5.93. The first kappa shape index (κ1) is 12.9. The first-order valence-corrected chi connectivity index (χ1v) is 7.00. The number of nitrogens with zero attached hydrogens (tertiary/aromatic N) is 1. The number of aromatic nitrogens is 1. The number of pyridine rings is 1. The molecule has 0 aliphatic heterocycles. The highest BCUT2D eigenvalue weighted by Gasteiger charge is 2.07. The van der Waals surface area contributed by atoms with Crippen molar-refractivity contribution in [3.8, 4) is 5.75 Å². The molecule has 3 heteroatoms. The summed E-state index contributed by atoms with van der Waals surface area (Å²) in [7, 11) is 0. The molecule has 0 aliphatic rings. The summed E-state index contributed by atoms with van der Waals surface area (Å²) in [6.07, 6.45) is 3.53. The molecule has 0 unspecified atom stereocenters. The Labute approximate surface area is 123 Å². The van der Waals surface area contributed by atoms with E-state index in [0.717, 1.165) is 22.3 Å². The number of hydrogen-bond donors (Lipinski definition) is 0. The van der Waals surface area contributed by atoms with Gasteiger partial charge in [-0.3, -0.25) is 4.98 Å². The van der Waals surface area contributed by atoms with E-state index in [9.17, 15) is 0 Å². The molecule has 0 amide bonds. The molecule has 0 radical (unpaired) electrons. The summed E-state index contributed by atoms with van der Waals surface area (Å²) >= 11 is 6.10. The van der Waals surface area contributed by atoms with Gasteiger partial charge in [0.2, 0.25) is 0 Å². The molecule has 1 aromatic heterocycles. The first-order valence-electron chi connectivity index (χ1n) is 6.47. The van der Waals surface area contributed by atoms with Gasteiger partial charge in [-0.1, -0.05) is 30.3 Å². The lowest BCUT2D eigenvalue weighted by molar-refractivity contribution is 0.304. The van der Waals surface area contributed by atoms with Crippen LogP contribution in [0.4, 0.5) is 0 Å². The number of rotatable bonds is 4. The topological polar surface area (TPSA) is 22.1 Å². The normalized spacial score (nSPS) is 10.7. The van der Waals surface area contributed by atoms with Crippen molar-refractivity contribution in [2.75, 3.05) is 0 Å². The van der Waals surface area contributed by atoms with Crippen molar-refractivity contribution in [2.45, 2.75) is 12.5 Å². The van der Waals surface area contributed by atoms with Crippen LogP contribution in [0.3, 0.4) is 0 Å². The first-order chi connectivity index (χ1) is 9.88. The molecule has 3 rings (SSSR count). The van der Waals surface area contributed by atoms with Gasteiger partial charge in [0.1, 0.15) is 12.4 Å². The fourth-order valence-corrected chi connectivity index (χ4v) is 2.50. The standard InChI is InChI=1S/C17H14ClNO/c18-11-16-15-4-2-1-3-14(15)5-6-17(16)20-12-13-7-9-19-10-8-13/h1-10H,11-12H2. The van der Waals surface area contributed by atoms with Crippen molar-refractivity contribution in [2.24, 2.45) is 0 Å². The van der Waals surface area contributed by atoms with Gasteiger partial charge in [0.05, 0.1) is 5.88 Å². The van der Waals surface area contributed by atoms with E-state index in [1.165, 1.54) is 5.39 Å². The van der Waals surface area contributed by atoms with Crippen LogP contribution in [0.5, 0.6) is 5.75 Å². The molecule has 0 saturated carbocycles. The maximum absolute atomic E-state index is 6.10. The molecular formula is C17H14ClNO. The maximum Gasteiger partial charge on any atom is 0.124 e. The summed E-state index contributed by atoms with van der Waals surface area (Å²) in [6, 6.07) is 16.1. The van der Waals surface area contributed by atoms with E-state index in [0.29, 0.717) is 12.5 Å². The van der Waals surface area contributed by atoms with Crippen molar-refractivity contribution < 1.29 is 4.74 Å². The predicted molar refractivity (Wildman–Crippen MR) is 82.1 cm³/mol. The number of hydrogen-bond acceptors (Lipinski definition) is 2. The summed E-state index contributed by atoms with van der Waals surface area (Å²) in [5.74, 6) is 1.28. The van der Waals surface area contributed by atoms with E-state index in [2.05, 4.69) is 23.2 Å². The van der Waals surface area contributed by atoms with E-state index in [1.807, 2.05) is 30.3 Å². The second-order valence-electron chi connectivity index (χ2n) is 4.54. The zero-order valence-corrected chi connectivity index (χ0v) is 11.7. The van der Waals surface area contributed by atoms with Gasteiger partial charge in [-0.05, 0) is 34.5 Å². The summed E-state index contributed by atoms with van der Waals surface area (Å²) in [4.78, 5) is 4.00. The largest absolute Gasteiger partial charge is 0.489 e. The molecule has 3 aromatic rings. The van der Waals surface area contributed by atoms with Crippen LogP contribution >= 0.6 is 11.6 Å². The zero-order valence-electron chi connectivity index (χ0n) is 10.9. The lowest BCUT2D eigenvalue weighted by Gasteiger charge is -2.12. The molecule has 0 N–H and O–H groups in total. The molecule has 1 heterocycles. The summed E-state index contributed by atoms with van der Waals surface area (Å²) in [5, 5.41) is 2.33. The average Bonchev–Trinajstić information content (AvgIpc) is 2.53. The second-order valence-corrected chi connectivity index (χ2v) is 4.81. The smallest absolute Gasteiger partial charge is 0.124 e. The van der Waals surface area contributed by atoms with Crippen LogP contribution < -0.4 is 4.74 Å². The number of alkyl halides is 1. The molecule has 2 nitrogen and oxygen atoms in total. The fourth-order valence-electron chi connectivity index (χ4n) is 2.23. The van der Waals surface area contributed by atoms with Crippen LogP contribution in [0.25, 0.3) is 10.8 Å². The third-order valence-electron chi connectivity index (χ3n) is 3.27. The Hall–Kier alpha value is -2.06. The monoisotopic (exact) mass is 283 g/mol. The SMILES string of the molecule is ClCc1c(OCc2ccncc2)ccc2ccccc12. The van der Waals surface area contributed by atoms with Gasteiger partial charge in [0.25, 0.3) is 0 Å². The molecule has 2 aromatic carbocycles. The summed E-state index contributed by atoms with van der Waals surface area (Å²) in [6.45, 7) is 0.519. The van der Waals surface area contributed by atoms with Gasteiger partial charge in [-0.2, -0.15) is 0 Å². The van der Waals surface area contributed by atoms with Crippen molar-refractivity contribution in [1.82, 2.24) is 4.98 Å². The molecule has 20 heavy (non-hydrogen) atoms. The van der Waals surface area contributed by atoms with Crippen LogP contribution in [0, 0.1) is 0 Å². The lowest BCUT2D eigenvalue weighted by Crippen LogP contribution is -1.98. The van der Waals surface area contributed by atoms with Gasteiger partial charge < -0.3 is 4.74 Å². The minimum absolute atomic E-state index is 0.438. The Morgan fingerprint density at radius 3 is 2.55 bits per heavy atom.